The Labute approximate surface area is 119 Å². The van der Waals surface area contributed by atoms with Crippen LogP contribution in [0.25, 0.3) is 16.3 Å². The second-order valence-corrected chi connectivity index (χ2v) is 5.90. The van der Waals surface area contributed by atoms with Crippen LogP contribution >= 0.6 is 11.3 Å². The molecule has 0 saturated carbocycles. The summed E-state index contributed by atoms with van der Waals surface area (Å²) in [6, 6.07) is 10.1. The number of benzene rings is 1. The Balaban J connectivity index is 1.78. The SMILES string of the molecule is NC1C=CC(c2nn3c(-c4ccccc4)nnc3s2)C1. The van der Waals surface area contributed by atoms with Crippen molar-refractivity contribution in [2.24, 2.45) is 5.73 Å². The number of rotatable bonds is 2. The smallest absolute Gasteiger partial charge is 0.234 e. The van der Waals surface area contributed by atoms with Gasteiger partial charge in [0.1, 0.15) is 5.01 Å². The Morgan fingerprint density at radius 3 is 2.75 bits per heavy atom. The van der Waals surface area contributed by atoms with Gasteiger partial charge < -0.3 is 5.73 Å². The summed E-state index contributed by atoms with van der Waals surface area (Å²) in [5.74, 6) is 1.09. The van der Waals surface area contributed by atoms with Crippen LogP contribution in [0.5, 0.6) is 0 Å². The maximum absolute atomic E-state index is 5.91. The normalized spacial score (nSPS) is 21.9. The van der Waals surface area contributed by atoms with Crippen LogP contribution in [0.15, 0.2) is 42.5 Å². The molecule has 0 radical (unpaired) electrons. The van der Waals surface area contributed by atoms with Crippen molar-refractivity contribution in [2.75, 3.05) is 0 Å². The molecular formula is C14H13N5S. The molecular weight excluding hydrogens is 270 g/mol. The van der Waals surface area contributed by atoms with Crippen molar-refractivity contribution in [3.63, 3.8) is 0 Å². The maximum atomic E-state index is 5.91. The first-order valence-electron chi connectivity index (χ1n) is 6.53. The molecule has 2 aromatic heterocycles. The predicted molar refractivity (Wildman–Crippen MR) is 78.6 cm³/mol. The molecule has 0 fully saturated rings. The number of hydrogen-bond acceptors (Lipinski definition) is 5. The molecule has 0 saturated heterocycles. The summed E-state index contributed by atoms with van der Waals surface area (Å²) in [4.78, 5) is 0.827. The van der Waals surface area contributed by atoms with E-state index in [1.807, 2.05) is 40.9 Å². The first-order valence-corrected chi connectivity index (χ1v) is 7.34. The zero-order valence-electron chi connectivity index (χ0n) is 10.7. The zero-order chi connectivity index (χ0) is 13.5. The van der Waals surface area contributed by atoms with Gasteiger partial charge in [0, 0.05) is 17.5 Å². The van der Waals surface area contributed by atoms with Crippen molar-refractivity contribution in [1.82, 2.24) is 19.8 Å². The quantitative estimate of drug-likeness (QED) is 0.732. The molecule has 2 heterocycles. The van der Waals surface area contributed by atoms with E-state index in [2.05, 4.69) is 21.4 Å². The van der Waals surface area contributed by atoms with Crippen LogP contribution in [-0.2, 0) is 0 Å². The van der Waals surface area contributed by atoms with Crippen molar-refractivity contribution in [3.8, 4) is 11.4 Å². The Kier molecular flexibility index (Phi) is 2.64. The number of aromatic nitrogens is 4. The molecule has 100 valence electrons. The van der Waals surface area contributed by atoms with Crippen LogP contribution in [0.1, 0.15) is 17.3 Å². The average Bonchev–Trinajstić information content (AvgIpc) is 3.13. The van der Waals surface area contributed by atoms with E-state index in [1.165, 1.54) is 0 Å². The summed E-state index contributed by atoms with van der Waals surface area (Å²) in [6.07, 6.45) is 5.11. The van der Waals surface area contributed by atoms with E-state index in [0.29, 0.717) is 5.92 Å². The number of nitrogens with two attached hydrogens (primary N) is 1. The van der Waals surface area contributed by atoms with Gasteiger partial charge in [-0.2, -0.15) is 9.61 Å². The molecule has 1 aromatic carbocycles. The van der Waals surface area contributed by atoms with Crippen LogP contribution in [0.3, 0.4) is 0 Å². The highest BCUT2D eigenvalue weighted by Gasteiger charge is 2.22. The van der Waals surface area contributed by atoms with Crippen LogP contribution in [0, 0.1) is 0 Å². The fourth-order valence-electron chi connectivity index (χ4n) is 2.46. The molecule has 2 N–H and O–H groups in total. The highest BCUT2D eigenvalue weighted by molar-refractivity contribution is 7.16. The van der Waals surface area contributed by atoms with Crippen LogP contribution in [0.2, 0.25) is 0 Å². The monoisotopic (exact) mass is 283 g/mol. The number of fused-ring (bicyclic) bond motifs is 1. The van der Waals surface area contributed by atoms with E-state index in [9.17, 15) is 0 Å². The van der Waals surface area contributed by atoms with Crippen molar-refractivity contribution in [2.45, 2.75) is 18.4 Å². The van der Waals surface area contributed by atoms with Gasteiger partial charge in [0.25, 0.3) is 0 Å². The van der Waals surface area contributed by atoms with Gasteiger partial charge in [0.15, 0.2) is 5.82 Å². The highest BCUT2D eigenvalue weighted by atomic mass is 32.1. The van der Waals surface area contributed by atoms with E-state index in [0.717, 1.165) is 27.8 Å². The first kappa shape index (κ1) is 11.7. The zero-order valence-corrected chi connectivity index (χ0v) is 11.5. The second kappa shape index (κ2) is 4.50. The number of nitrogens with zero attached hydrogens (tertiary/aromatic N) is 4. The van der Waals surface area contributed by atoms with Gasteiger partial charge in [-0.15, -0.1) is 10.2 Å². The molecule has 6 heteroatoms. The van der Waals surface area contributed by atoms with Gasteiger partial charge in [0.05, 0.1) is 0 Å². The minimum Gasteiger partial charge on any atom is -0.324 e. The van der Waals surface area contributed by atoms with Crippen LogP contribution in [0.4, 0.5) is 0 Å². The van der Waals surface area contributed by atoms with Crippen molar-refractivity contribution >= 4 is 16.3 Å². The molecule has 0 spiro atoms. The molecule has 3 aromatic rings. The maximum Gasteiger partial charge on any atom is 0.234 e. The van der Waals surface area contributed by atoms with E-state index in [-0.39, 0.29) is 6.04 Å². The molecule has 0 amide bonds. The van der Waals surface area contributed by atoms with E-state index in [4.69, 9.17) is 5.73 Å². The van der Waals surface area contributed by atoms with Gasteiger partial charge in [0.2, 0.25) is 4.96 Å². The van der Waals surface area contributed by atoms with Gasteiger partial charge in [-0.3, -0.25) is 0 Å². The molecule has 0 bridgehead atoms. The van der Waals surface area contributed by atoms with Gasteiger partial charge in [-0.25, -0.2) is 0 Å². The Hall–Kier alpha value is -2.05. The van der Waals surface area contributed by atoms with Gasteiger partial charge in [-0.1, -0.05) is 53.8 Å². The fourth-order valence-corrected chi connectivity index (χ4v) is 3.39. The lowest BCUT2D eigenvalue weighted by Crippen LogP contribution is -2.14. The van der Waals surface area contributed by atoms with E-state index >= 15 is 0 Å². The Bertz CT molecular complexity index is 773. The summed E-state index contributed by atoms with van der Waals surface area (Å²) < 4.78 is 1.83. The van der Waals surface area contributed by atoms with Gasteiger partial charge >= 0.3 is 0 Å². The Morgan fingerprint density at radius 2 is 2.00 bits per heavy atom. The third-order valence-electron chi connectivity index (χ3n) is 3.47. The summed E-state index contributed by atoms with van der Waals surface area (Å²) in [6.45, 7) is 0. The average molecular weight is 283 g/mol. The third-order valence-corrected chi connectivity index (χ3v) is 4.50. The largest absolute Gasteiger partial charge is 0.324 e. The summed E-state index contributed by atoms with van der Waals surface area (Å²) in [5.41, 5.74) is 6.93. The summed E-state index contributed by atoms with van der Waals surface area (Å²) >= 11 is 1.58. The first-order chi connectivity index (χ1) is 9.81. The minimum absolute atomic E-state index is 0.142. The van der Waals surface area contributed by atoms with Crippen molar-refractivity contribution in [1.29, 1.82) is 0 Å². The predicted octanol–water partition coefficient (Wildman–Crippen LogP) is 2.22. The molecule has 2 unspecified atom stereocenters. The fraction of sp³-hybridized carbons (Fsp3) is 0.214. The standard InChI is InChI=1S/C14H13N5S/c15-11-7-6-10(8-11)13-18-19-12(16-17-14(19)20-13)9-4-2-1-3-5-9/h1-7,10-11H,8,15H2. The molecule has 20 heavy (non-hydrogen) atoms. The summed E-state index contributed by atoms with van der Waals surface area (Å²) in [5, 5.41) is 14.2. The minimum atomic E-state index is 0.142. The number of allylic oxidation sites excluding steroid dienone is 1. The topological polar surface area (TPSA) is 69.1 Å². The van der Waals surface area contributed by atoms with E-state index in [1.54, 1.807) is 11.3 Å². The number of hydrogen-bond donors (Lipinski definition) is 1. The lowest BCUT2D eigenvalue weighted by Gasteiger charge is -2.03. The lowest BCUT2D eigenvalue weighted by molar-refractivity contribution is 0.695. The molecule has 4 rings (SSSR count). The van der Waals surface area contributed by atoms with Crippen molar-refractivity contribution in [3.05, 3.63) is 47.5 Å². The lowest BCUT2D eigenvalue weighted by atomic mass is 10.1. The second-order valence-electron chi connectivity index (χ2n) is 4.92. The molecule has 0 aliphatic heterocycles. The molecule has 1 aliphatic carbocycles. The highest BCUT2D eigenvalue weighted by Crippen LogP contribution is 2.32. The van der Waals surface area contributed by atoms with Crippen LogP contribution in [-0.4, -0.2) is 25.9 Å². The van der Waals surface area contributed by atoms with Crippen LogP contribution < -0.4 is 5.73 Å². The van der Waals surface area contributed by atoms with Gasteiger partial charge in [-0.05, 0) is 6.42 Å². The Morgan fingerprint density at radius 1 is 1.15 bits per heavy atom. The summed E-state index contributed by atoms with van der Waals surface area (Å²) in [7, 11) is 0. The molecule has 2 atom stereocenters. The van der Waals surface area contributed by atoms with E-state index < -0.39 is 0 Å². The third kappa shape index (κ3) is 1.85. The molecule has 5 nitrogen and oxygen atoms in total. The molecule has 1 aliphatic rings. The van der Waals surface area contributed by atoms with Crippen molar-refractivity contribution < 1.29 is 0 Å².